The Morgan fingerprint density at radius 2 is 1.60 bits per heavy atom. The molecule has 1 amide bonds. The summed E-state index contributed by atoms with van der Waals surface area (Å²) in [5, 5.41) is 6.65. The maximum atomic E-state index is 12.6. The molecule has 2 fully saturated rings. The summed E-state index contributed by atoms with van der Waals surface area (Å²) in [5.74, 6) is -0.857. The van der Waals surface area contributed by atoms with E-state index in [1.165, 1.54) is 0 Å². The lowest BCUT2D eigenvalue weighted by Crippen LogP contribution is -2.57. The lowest BCUT2D eigenvalue weighted by molar-refractivity contribution is -0.164. The van der Waals surface area contributed by atoms with Crippen molar-refractivity contribution in [2.75, 3.05) is 53.9 Å². The minimum atomic E-state index is -0.604. The summed E-state index contributed by atoms with van der Waals surface area (Å²) in [4.78, 5) is 27.4. The summed E-state index contributed by atoms with van der Waals surface area (Å²) in [6.45, 7) is 5.88. The average Bonchev–Trinajstić information content (AvgIpc) is 2.79. The zero-order valence-corrected chi connectivity index (χ0v) is 21.1. The van der Waals surface area contributed by atoms with Crippen molar-refractivity contribution in [1.82, 2.24) is 5.32 Å². The molecule has 0 saturated carbocycles. The lowest BCUT2D eigenvalue weighted by Gasteiger charge is -2.37. The second-order valence-corrected chi connectivity index (χ2v) is 9.35. The molecule has 0 bridgehead atoms. The van der Waals surface area contributed by atoms with E-state index in [0.717, 1.165) is 0 Å². The van der Waals surface area contributed by atoms with Crippen LogP contribution in [0.25, 0.3) is 10.4 Å². The highest BCUT2D eigenvalue weighted by Gasteiger charge is 2.37. The predicted octanol–water partition coefficient (Wildman–Crippen LogP) is 1.13. The molecule has 0 aromatic heterocycles. The molecule has 0 aromatic rings. The van der Waals surface area contributed by atoms with Gasteiger partial charge in [0.2, 0.25) is 5.91 Å². The monoisotopic (exact) mass is 502 g/mol. The van der Waals surface area contributed by atoms with Gasteiger partial charge in [0.05, 0.1) is 43.6 Å². The number of methoxy groups -OCH3 is 2. The van der Waals surface area contributed by atoms with Crippen molar-refractivity contribution in [1.29, 1.82) is 0 Å². The number of ether oxygens (including phenoxy) is 7. The van der Waals surface area contributed by atoms with Crippen LogP contribution in [0.1, 0.15) is 33.6 Å². The van der Waals surface area contributed by atoms with Crippen LogP contribution in [0.3, 0.4) is 0 Å². The maximum absolute atomic E-state index is 12.6. The van der Waals surface area contributed by atoms with Gasteiger partial charge in [0.1, 0.15) is 24.9 Å². The van der Waals surface area contributed by atoms with Crippen molar-refractivity contribution in [3.05, 3.63) is 10.4 Å². The SMILES string of the molecule is CO[C@@H]1CCO[C@H](COCC(=O)N[C@@H]2[C@H](OC)CCO[C@@H]2COCC(=O)OC(C)(C)C)[C@@H]1N=[N+]=[N-]. The molecule has 13 nitrogen and oxygen atoms in total. The number of esters is 1. The third kappa shape index (κ3) is 9.88. The summed E-state index contributed by atoms with van der Waals surface area (Å²) in [5.41, 5.74) is 8.24. The standard InChI is InChI=1S/C22H38N4O9/c1-22(2,3)35-19(28)13-32-10-16-20(14(29-4)6-8-33-16)24-18(27)12-31-11-17-21(25-26-23)15(30-5)7-9-34-17/h14-17,20-21H,6-13H2,1-5H3,(H,24,27)/t14-,15-,16-,17-,20-,21-/m1/s1. The number of nitrogens with one attached hydrogen (secondary N) is 1. The molecule has 0 unspecified atom stereocenters. The van der Waals surface area contributed by atoms with Gasteiger partial charge in [-0.1, -0.05) is 5.11 Å². The van der Waals surface area contributed by atoms with Gasteiger partial charge in [0, 0.05) is 32.3 Å². The second kappa shape index (κ2) is 14.5. The third-order valence-corrected chi connectivity index (χ3v) is 5.59. The molecule has 13 heteroatoms. The molecule has 0 spiro atoms. The van der Waals surface area contributed by atoms with Crippen LogP contribution in [-0.2, 0) is 42.7 Å². The maximum Gasteiger partial charge on any atom is 0.332 e. The second-order valence-electron chi connectivity index (χ2n) is 9.35. The van der Waals surface area contributed by atoms with E-state index in [1.807, 2.05) is 0 Å². The van der Waals surface area contributed by atoms with Crippen molar-refractivity contribution in [2.45, 2.75) is 75.7 Å². The topological polar surface area (TPSA) is 160 Å². The van der Waals surface area contributed by atoms with Gasteiger partial charge in [-0.2, -0.15) is 0 Å². The van der Waals surface area contributed by atoms with E-state index in [-0.39, 0.29) is 44.5 Å². The van der Waals surface area contributed by atoms with E-state index >= 15 is 0 Å². The molecule has 2 saturated heterocycles. The van der Waals surface area contributed by atoms with Crippen molar-refractivity contribution in [3.63, 3.8) is 0 Å². The normalized spacial score (nSPS) is 29.2. The number of hydrogen-bond donors (Lipinski definition) is 1. The van der Waals surface area contributed by atoms with E-state index < -0.39 is 35.9 Å². The number of hydrogen-bond acceptors (Lipinski definition) is 10. The first-order valence-corrected chi connectivity index (χ1v) is 11.7. The summed E-state index contributed by atoms with van der Waals surface area (Å²) >= 11 is 0. The van der Waals surface area contributed by atoms with Gasteiger partial charge in [0.25, 0.3) is 0 Å². The first-order valence-electron chi connectivity index (χ1n) is 11.7. The molecular formula is C22H38N4O9. The van der Waals surface area contributed by atoms with Crippen molar-refractivity contribution < 1.29 is 42.7 Å². The summed E-state index contributed by atoms with van der Waals surface area (Å²) in [6, 6.07) is -1.04. The Bertz CT molecular complexity index is 726. The molecule has 6 atom stereocenters. The van der Waals surface area contributed by atoms with E-state index in [9.17, 15) is 9.59 Å². The molecule has 0 aromatic carbocycles. The summed E-state index contributed by atoms with van der Waals surface area (Å²) < 4.78 is 38.6. The summed E-state index contributed by atoms with van der Waals surface area (Å²) in [7, 11) is 3.11. The Morgan fingerprint density at radius 1 is 1.00 bits per heavy atom. The van der Waals surface area contributed by atoms with E-state index in [4.69, 9.17) is 38.7 Å². The van der Waals surface area contributed by atoms with Gasteiger partial charge in [0.15, 0.2) is 0 Å². The van der Waals surface area contributed by atoms with Gasteiger partial charge in [-0.3, -0.25) is 4.79 Å². The predicted molar refractivity (Wildman–Crippen MR) is 123 cm³/mol. The lowest BCUT2D eigenvalue weighted by atomic mass is 9.99. The zero-order valence-electron chi connectivity index (χ0n) is 21.1. The Labute approximate surface area is 205 Å². The van der Waals surface area contributed by atoms with Crippen LogP contribution in [0, 0.1) is 0 Å². The van der Waals surface area contributed by atoms with Crippen LogP contribution >= 0.6 is 0 Å². The van der Waals surface area contributed by atoms with Crippen LogP contribution < -0.4 is 5.32 Å². The highest BCUT2D eigenvalue weighted by molar-refractivity contribution is 5.77. The minimum Gasteiger partial charge on any atom is -0.458 e. The quantitative estimate of drug-likeness (QED) is 0.179. The number of amides is 1. The number of rotatable bonds is 12. The first-order chi connectivity index (χ1) is 16.7. The smallest absolute Gasteiger partial charge is 0.332 e. The molecule has 2 rings (SSSR count). The highest BCUT2D eigenvalue weighted by Crippen LogP contribution is 2.21. The van der Waals surface area contributed by atoms with Crippen LogP contribution in [0.4, 0.5) is 0 Å². The van der Waals surface area contributed by atoms with Gasteiger partial charge in [-0.15, -0.1) is 0 Å². The Hall–Kier alpha value is -1.99. The minimum absolute atomic E-state index is 0.0638. The Kier molecular flexibility index (Phi) is 12.1. The molecule has 2 aliphatic heterocycles. The van der Waals surface area contributed by atoms with E-state index in [2.05, 4.69) is 15.3 Å². The van der Waals surface area contributed by atoms with Crippen LogP contribution in [0.5, 0.6) is 0 Å². The van der Waals surface area contributed by atoms with Crippen molar-refractivity contribution >= 4 is 11.9 Å². The molecule has 0 radical (unpaired) electrons. The molecule has 0 aliphatic carbocycles. The fraction of sp³-hybridized carbons (Fsp3) is 0.909. The number of azide groups is 1. The summed E-state index contributed by atoms with van der Waals surface area (Å²) in [6.07, 6.45) is -0.400. The molecular weight excluding hydrogens is 464 g/mol. The number of carbonyl (C=O) groups is 2. The van der Waals surface area contributed by atoms with Gasteiger partial charge in [-0.05, 0) is 39.1 Å². The fourth-order valence-corrected chi connectivity index (χ4v) is 4.04. The number of carbonyl (C=O) groups excluding carboxylic acids is 2. The molecule has 2 aliphatic rings. The van der Waals surface area contributed by atoms with Crippen molar-refractivity contribution in [3.8, 4) is 0 Å². The largest absolute Gasteiger partial charge is 0.458 e. The van der Waals surface area contributed by atoms with Gasteiger partial charge >= 0.3 is 5.97 Å². The molecule has 35 heavy (non-hydrogen) atoms. The van der Waals surface area contributed by atoms with Gasteiger partial charge < -0.3 is 38.5 Å². The van der Waals surface area contributed by atoms with E-state index in [0.29, 0.717) is 26.1 Å². The molecule has 1 N–H and O–H groups in total. The van der Waals surface area contributed by atoms with Crippen molar-refractivity contribution in [2.24, 2.45) is 5.11 Å². The Morgan fingerprint density at radius 3 is 2.23 bits per heavy atom. The molecule has 200 valence electrons. The third-order valence-electron chi connectivity index (χ3n) is 5.59. The van der Waals surface area contributed by atoms with Crippen LogP contribution in [0.15, 0.2) is 5.11 Å². The first kappa shape index (κ1) is 29.2. The fourth-order valence-electron chi connectivity index (χ4n) is 4.04. The van der Waals surface area contributed by atoms with E-state index in [1.54, 1.807) is 35.0 Å². The average molecular weight is 503 g/mol. The molecule has 2 heterocycles. The van der Waals surface area contributed by atoms with Crippen LogP contribution in [0.2, 0.25) is 0 Å². The Balaban J connectivity index is 1.84. The zero-order chi connectivity index (χ0) is 25.8. The number of nitrogens with zero attached hydrogens (tertiary/aromatic N) is 3. The van der Waals surface area contributed by atoms with Crippen LogP contribution in [-0.4, -0.2) is 108 Å². The highest BCUT2D eigenvalue weighted by atomic mass is 16.6. The van der Waals surface area contributed by atoms with Gasteiger partial charge in [-0.25, -0.2) is 4.79 Å².